The number of benzene rings is 2. The van der Waals surface area contributed by atoms with Crippen LogP contribution in [0.4, 0.5) is 16.2 Å². The Morgan fingerprint density at radius 1 is 0.800 bits per heavy atom. The minimum atomic E-state index is -0.504. The highest BCUT2D eigenvalue weighted by Gasteiger charge is 2.08. The SMILES string of the molecule is N#Cc1ccccc1NC(=O)Nc1ccccc1C#N. The molecule has 0 aliphatic rings. The first-order chi connectivity index (χ1) is 9.74. The zero-order valence-electron chi connectivity index (χ0n) is 10.4. The number of urea groups is 1. The van der Waals surface area contributed by atoms with E-state index in [1.165, 1.54) is 0 Å². The van der Waals surface area contributed by atoms with Crippen LogP contribution in [0, 0.1) is 22.7 Å². The number of hydrogen-bond acceptors (Lipinski definition) is 3. The summed E-state index contributed by atoms with van der Waals surface area (Å²) in [5, 5.41) is 23.0. The number of hydrogen-bond donors (Lipinski definition) is 2. The van der Waals surface area contributed by atoms with Crippen molar-refractivity contribution < 1.29 is 4.79 Å². The number of para-hydroxylation sites is 2. The molecule has 5 nitrogen and oxygen atoms in total. The van der Waals surface area contributed by atoms with Crippen molar-refractivity contribution in [2.24, 2.45) is 0 Å². The molecule has 20 heavy (non-hydrogen) atoms. The first kappa shape index (κ1) is 13.1. The topological polar surface area (TPSA) is 88.7 Å². The fourth-order valence-electron chi connectivity index (χ4n) is 1.66. The molecule has 0 saturated carbocycles. The molecule has 0 aliphatic heterocycles. The van der Waals surface area contributed by atoms with Gasteiger partial charge in [-0.2, -0.15) is 10.5 Å². The first-order valence-corrected chi connectivity index (χ1v) is 5.81. The van der Waals surface area contributed by atoms with Crippen molar-refractivity contribution in [1.82, 2.24) is 0 Å². The van der Waals surface area contributed by atoms with Crippen LogP contribution in [0.1, 0.15) is 11.1 Å². The molecule has 0 aliphatic carbocycles. The molecule has 96 valence electrons. The Kier molecular flexibility index (Phi) is 3.96. The maximum absolute atomic E-state index is 11.9. The van der Waals surface area contributed by atoms with E-state index in [0.717, 1.165) is 0 Å². The van der Waals surface area contributed by atoms with E-state index in [0.29, 0.717) is 22.5 Å². The predicted octanol–water partition coefficient (Wildman–Crippen LogP) is 3.07. The third-order valence-electron chi connectivity index (χ3n) is 2.59. The Hall–Kier alpha value is -3.31. The van der Waals surface area contributed by atoms with Crippen molar-refractivity contribution in [3.63, 3.8) is 0 Å². The Morgan fingerprint density at radius 2 is 1.20 bits per heavy atom. The van der Waals surface area contributed by atoms with E-state index in [2.05, 4.69) is 10.6 Å². The van der Waals surface area contributed by atoms with Crippen LogP contribution in [0.25, 0.3) is 0 Å². The Balaban J connectivity index is 2.14. The highest BCUT2D eigenvalue weighted by Crippen LogP contribution is 2.16. The van der Waals surface area contributed by atoms with Gasteiger partial charge < -0.3 is 10.6 Å². The van der Waals surface area contributed by atoms with E-state index >= 15 is 0 Å². The molecule has 5 heteroatoms. The highest BCUT2D eigenvalue weighted by molar-refractivity contribution is 6.01. The monoisotopic (exact) mass is 262 g/mol. The molecule has 2 aromatic carbocycles. The van der Waals surface area contributed by atoms with Gasteiger partial charge in [0.05, 0.1) is 22.5 Å². The number of amides is 2. The molecule has 0 radical (unpaired) electrons. The lowest BCUT2D eigenvalue weighted by Gasteiger charge is -2.09. The van der Waals surface area contributed by atoms with Gasteiger partial charge in [-0.25, -0.2) is 4.79 Å². The van der Waals surface area contributed by atoms with Gasteiger partial charge in [0.1, 0.15) is 12.1 Å². The molecule has 2 aromatic rings. The number of nitrogens with one attached hydrogen (secondary N) is 2. The summed E-state index contributed by atoms with van der Waals surface area (Å²) in [6.45, 7) is 0. The molecular formula is C15H10N4O. The van der Waals surface area contributed by atoms with E-state index in [1.54, 1.807) is 48.5 Å². The van der Waals surface area contributed by atoms with Crippen LogP contribution in [0.15, 0.2) is 48.5 Å². The summed E-state index contributed by atoms with van der Waals surface area (Å²) in [5.41, 5.74) is 1.58. The largest absolute Gasteiger partial charge is 0.323 e. The molecule has 2 N–H and O–H groups in total. The number of anilines is 2. The second-order valence-electron chi connectivity index (χ2n) is 3.89. The maximum atomic E-state index is 11.9. The van der Waals surface area contributed by atoms with Gasteiger partial charge in [-0.15, -0.1) is 0 Å². The van der Waals surface area contributed by atoms with Gasteiger partial charge in [-0.1, -0.05) is 24.3 Å². The van der Waals surface area contributed by atoms with Gasteiger partial charge in [-0.05, 0) is 24.3 Å². The van der Waals surface area contributed by atoms with Gasteiger partial charge in [-0.3, -0.25) is 0 Å². The quantitative estimate of drug-likeness (QED) is 0.871. The van der Waals surface area contributed by atoms with Gasteiger partial charge in [0.2, 0.25) is 0 Å². The summed E-state index contributed by atoms with van der Waals surface area (Å²) in [6, 6.07) is 16.8. The van der Waals surface area contributed by atoms with Crippen LogP contribution < -0.4 is 10.6 Å². The van der Waals surface area contributed by atoms with Crippen molar-refractivity contribution in [3.8, 4) is 12.1 Å². The fourth-order valence-corrected chi connectivity index (χ4v) is 1.66. The molecule has 0 spiro atoms. The zero-order chi connectivity index (χ0) is 14.4. The lowest BCUT2D eigenvalue weighted by atomic mass is 10.2. The van der Waals surface area contributed by atoms with Crippen LogP contribution in [-0.2, 0) is 0 Å². The summed E-state index contributed by atoms with van der Waals surface area (Å²) in [7, 11) is 0. The van der Waals surface area contributed by atoms with Crippen LogP contribution >= 0.6 is 0 Å². The first-order valence-electron chi connectivity index (χ1n) is 5.81. The minimum absolute atomic E-state index is 0.371. The molecule has 2 rings (SSSR count). The molecular weight excluding hydrogens is 252 g/mol. The average Bonchev–Trinajstić information content (AvgIpc) is 2.48. The summed E-state index contributed by atoms with van der Waals surface area (Å²) in [4.78, 5) is 11.9. The standard InChI is InChI=1S/C15H10N4O/c16-9-11-5-1-3-7-13(11)18-15(20)19-14-8-4-2-6-12(14)10-17/h1-8H,(H2,18,19,20). The Bertz CT molecular complexity index is 664. The molecule has 0 bridgehead atoms. The molecule has 0 unspecified atom stereocenters. The van der Waals surface area contributed by atoms with Crippen molar-refractivity contribution in [3.05, 3.63) is 59.7 Å². The smallest absolute Gasteiger partial charge is 0.306 e. The van der Waals surface area contributed by atoms with E-state index in [1.807, 2.05) is 12.1 Å². The summed E-state index contributed by atoms with van der Waals surface area (Å²) in [6.07, 6.45) is 0. The molecule has 0 saturated heterocycles. The lowest BCUT2D eigenvalue weighted by molar-refractivity contribution is 0.262. The van der Waals surface area contributed by atoms with E-state index in [-0.39, 0.29) is 0 Å². The molecule has 0 aromatic heterocycles. The minimum Gasteiger partial charge on any atom is -0.306 e. The van der Waals surface area contributed by atoms with Gasteiger partial charge in [0.25, 0.3) is 0 Å². The summed E-state index contributed by atoms with van der Waals surface area (Å²) in [5.74, 6) is 0. The second-order valence-corrected chi connectivity index (χ2v) is 3.89. The number of nitriles is 2. The van der Waals surface area contributed by atoms with E-state index in [4.69, 9.17) is 10.5 Å². The lowest BCUT2D eigenvalue weighted by Crippen LogP contribution is -2.20. The second kappa shape index (κ2) is 6.03. The normalized spacial score (nSPS) is 9.10. The summed E-state index contributed by atoms with van der Waals surface area (Å²) >= 11 is 0. The van der Waals surface area contributed by atoms with Gasteiger partial charge in [0.15, 0.2) is 0 Å². The van der Waals surface area contributed by atoms with Crippen LogP contribution in [0.2, 0.25) is 0 Å². The third-order valence-corrected chi connectivity index (χ3v) is 2.59. The molecule has 0 heterocycles. The molecule has 2 amide bonds. The third kappa shape index (κ3) is 2.92. The van der Waals surface area contributed by atoms with Crippen LogP contribution in [0.5, 0.6) is 0 Å². The number of rotatable bonds is 2. The van der Waals surface area contributed by atoms with Crippen molar-refractivity contribution in [2.45, 2.75) is 0 Å². The van der Waals surface area contributed by atoms with Crippen molar-refractivity contribution >= 4 is 17.4 Å². The fraction of sp³-hybridized carbons (Fsp3) is 0. The molecule has 0 atom stereocenters. The summed E-state index contributed by atoms with van der Waals surface area (Å²) < 4.78 is 0. The van der Waals surface area contributed by atoms with Crippen LogP contribution in [0.3, 0.4) is 0 Å². The van der Waals surface area contributed by atoms with Crippen molar-refractivity contribution in [2.75, 3.05) is 10.6 Å². The number of carbonyl (C=O) groups is 1. The number of nitrogens with zero attached hydrogens (tertiary/aromatic N) is 2. The molecule has 0 fully saturated rings. The van der Waals surface area contributed by atoms with E-state index in [9.17, 15) is 4.79 Å². The van der Waals surface area contributed by atoms with Crippen LogP contribution in [-0.4, -0.2) is 6.03 Å². The van der Waals surface area contributed by atoms with Gasteiger partial charge in [0, 0.05) is 0 Å². The zero-order valence-corrected chi connectivity index (χ0v) is 10.4. The number of carbonyl (C=O) groups excluding carboxylic acids is 1. The highest BCUT2D eigenvalue weighted by atomic mass is 16.2. The Labute approximate surface area is 116 Å². The Morgan fingerprint density at radius 3 is 1.60 bits per heavy atom. The van der Waals surface area contributed by atoms with Crippen molar-refractivity contribution in [1.29, 1.82) is 10.5 Å². The average molecular weight is 262 g/mol. The van der Waals surface area contributed by atoms with E-state index < -0.39 is 6.03 Å². The van der Waals surface area contributed by atoms with Gasteiger partial charge >= 0.3 is 6.03 Å². The predicted molar refractivity (Wildman–Crippen MR) is 75.0 cm³/mol. The maximum Gasteiger partial charge on any atom is 0.323 e.